The van der Waals surface area contributed by atoms with Crippen molar-refractivity contribution in [3.8, 4) is 0 Å². The highest BCUT2D eigenvalue weighted by Gasteiger charge is 2.30. The molecule has 21 heavy (non-hydrogen) atoms. The van der Waals surface area contributed by atoms with E-state index in [9.17, 15) is 18.0 Å². The fourth-order valence-corrected chi connectivity index (χ4v) is 1.97. The van der Waals surface area contributed by atoms with Gasteiger partial charge in [0.1, 0.15) is 0 Å². The summed E-state index contributed by atoms with van der Waals surface area (Å²) in [6.07, 6.45) is -2.22. The second-order valence-electron chi connectivity index (χ2n) is 4.81. The molecular weight excluding hydrogens is 287 g/mol. The molecule has 2 rings (SSSR count). The lowest BCUT2D eigenvalue weighted by Gasteiger charge is -2.22. The van der Waals surface area contributed by atoms with E-state index >= 15 is 0 Å². The Labute approximate surface area is 120 Å². The van der Waals surface area contributed by atoms with Crippen molar-refractivity contribution in [3.63, 3.8) is 0 Å². The van der Waals surface area contributed by atoms with Crippen molar-refractivity contribution < 1.29 is 27.5 Å². The van der Waals surface area contributed by atoms with E-state index in [1.807, 2.05) is 0 Å². The smallest absolute Gasteiger partial charge is 0.350 e. The third kappa shape index (κ3) is 5.02. The van der Waals surface area contributed by atoms with E-state index in [0.717, 1.165) is 25.0 Å². The minimum atomic E-state index is -4.37. The number of benzene rings is 1. The zero-order chi connectivity index (χ0) is 15.3. The molecule has 1 atom stereocenters. The Morgan fingerprint density at radius 3 is 2.57 bits per heavy atom. The van der Waals surface area contributed by atoms with Gasteiger partial charge in [0.2, 0.25) is 5.91 Å². The van der Waals surface area contributed by atoms with Gasteiger partial charge in [-0.25, -0.2) is 10.3 Å². The summed E-state index contributed by atoms with van der Waals surface area (Å²) in [4.78, 5) is 16.7. The maximum atomic E-state index is 12.4. The number of hydroxylamine groups is 1. The molecule has 1 heterocycles. The molecule has 4 nitrogen and oxygen atoms in total. The fraction of sp³-hybridized carbons (Fsp3) is 0.500. The van der Waals surface area contributed by atoms with Crippen LogP contribution in [0.1, 0.15) is 30.4 Å². The summed E-state index contributed by atoms with van der Waals surface area (Å²) in [5.74, 6) is -0.427. The zero-order valence-corrected chi connectivity index (χ0v) is 11.3. The predicted molar refractivity (Wildman–Crippen MR) is 68.0 cm³/mol. The normalized spacial score (nSPS) is 19.3. The predicted octanol–water partition coefficient (Wildman–Crippen LogP) is 2.82. The van der Waals surface area contributed by atoms with E-state index in [-0.39, 0.29) is 6.42 Å². The van der Waals surface area contributed by atoms with Crippen LogP contribution in [-0.4, -0.2) is 18.8 Å². The minimum Gasteiger partial charge on any atom is -0.350 e. The van der Waals surface area contributed by atoms with Gasteiger partial charge in [-0.2, -0.15) is 13.2 Å². The lowest BCUT2D eigenvalue weighted by atomic mass is 10.1. The van der Waals surface area contributed by atoms with Crippen LogP contribution in [0.4, 0.5) is 13.2 Å². The highest BCUT2D eigenvalue weighted by molar-refractivity contribution is 5.77. The Morgan fingerprint density at radius 2 is 2.00 bits per heavy atom. The highest BCUT2D eigenvalue weighted by Crippen LogP contribution is 2.29. The van der Waals surface area contributed by atoms with Gasteiger partial charge in [0.25, 0.3) is 0 Å². The quantitative estimate of drug-likeness (QED) is 0.870. The third-order valence-corrected chi connectivity index (χ3v) is 3.09. The Morgan fingerprint density at radius 1 is 1.29 bits per heavy atom. The summed E-state index contributed by atoms with van der Waals surface area (Å²) in [5, 5.41) is 0. The number of hydrogen-bond acceptors (Lipinski definition) is 3. The molecule has 1 aromatic rings. The summed E-state index contributed by atoms with van der Waals surface area (Å²) in [7, 11) is 0. The molecule has 0 unspecified atom stereocenters. The number of carbonyl (C=O) groups is 1. The Hall–Kier alpha value is -1.60. The maximum Gasteiger partial charge on any atom is 0.416 e. The minimum absolute atomic E-state index is 0.0507. The number of amides is 1. The van der Waals surface area contributed by atoms with Crippen LogP contribution < -0.4 is 5.48 Å². The van der Waals surface area contributed by atoms with Gasteiger partial charge in [-0.1, -0.05) is 12.1 Å². The van der Waals surface area contributed by atoms with E-state index in [0.29, 0.717) is 18.6 Å². The molecule has 1 aliphatic rings. The molecule has 0 saturated carbocycles. The van der Waals surface area contributed by atoms with Gasteiger partial charge >= 0.3 is 6.18 Å². The van der Waals surface area contributed by atoms with Crippen molar-refractivity contribution in [2.24, 2.45) is 0 Å². The van der Waals surface area contributed by atoms with E-state index in [4.69, 9.17) is 9.57 Å². The summed E-state index contributed by atoms with van der Waals surface area (Å²) in [6.45, 7) is 0.597. The van der Waals surface area contributed by atoms with Crippen LogP contribution in [0.15, 0.2) is 24.3 Å². The molecule has 0 spiro atoms. The first-order chi connectivity index (χ1) is 9.95. The first-order valence-electron chi connectivity index (χ1n) is 6.67. The monoisotopic (exact) mass is 303 g/mol. The molecule has 0 aromatic heterocycles. The molecule has 1 fully saturated rings. The average Bonchev–Trinajstić information content (AvgIpc) is 2.46. The number of halogens is 3. The highest BCUT2D eigenvalue weighted by atomic mass is 19.4. The molecule has 1 saturated heterocycles. The number of carbonyl (C=O) groups excluding carboxylic acids is 1. The largest absolute Gasteiger partial charge is 0.416 e. The summed E-state index contributed by atoms with van der Waals surface area (Å²) in [5.41, 5.74) is 2.00. The molecule has 7 heteroatoms. The second-order valence-corrected chi connectivity index (χ2v) is 4.81. The summed E-state index contributed by atoms with van der Waals surface area (Å²) < 4.78 is 42.5. The molecule has 0 bridgehead atoms. The van der Waals surface area contributed by atoms with Gasteiger partial charge < -0.3 is 4.74 Å². The Bertz CT molecular complexity index is 467. The topological polar surface area (TPSA) is 47.6 Å². The van der Waals surface area contributed by atoms with Crippen LogP contribution in [0.3, 0.4) is 0 Å². The Kier molecular flexibility index (Phi) is 5.19. The summed E-state index contributed by atoms with van der Waals surface area (Å²) in [6, 6.07) is 4.46. The maximum absolute atomic E-state index is 12.4. The van der Waals surface area contributed by atoms with E-state index in [1.54, 1.807) is 0 Å². The number of nitrogens with one attached hydrogen (secondary N) is 1. The molecule has 0 radical (unpaired) electrons. The van der Waals surface area contributed by atoms with Gasteiger partial charge in [0.15, 0.2) is 6.29 Å². The third-order valence-electron chi connectivity index (χ3n) is 3.09. The Balaban J connectivity index is 1.79. The van der Waals surface area contributed by atoms with Crippen molar-refractivity contribution in [2.45, 2.75) is 38.1 Å². The van der Waals surface area contributed by atoms with E-state index < -0.39 is 23.9 Å². The molecule has 116 valence electrons. The van der Waals surface area contributed by atoms with Gasteiger partial charge in [-0.15, -0.1) is 0 Å². The molecular formula is C14H16F3NO3. The SMILES string of the molecule is O=C(Cc1ccc(C(F)(F)F)cc1)NO[C@@H]1CCCCO1. The fourth-order valence-electron chi connectivity index (χ4n) is 1.97. The van der Waals surface area contributed by atoms with Crippen LogP contribution >= 0.6 is 0 Å². The van der Waals surface area contributed by atoms with E-state index in [2.05, 4.69) is 5.48 Å². The van der Waals surface area contributed by atoms with Crippen LogP contribution in [-0.2, 0) is 27.0 Å². The van der Waals surface area contributed by atoms with Crippen LogP contribution in [0.5, 0.6) is 0 Å². The molecule has 1 amide bonds. The van der Waals surface area contributed by atoms with E-state index in [1.165, 1.54) is 12.1 Å². The van der Waals surface area contributed by atoms with Gasteiger partial charge in [-0.05, 0) is 30.5 Å². The average molecular weight is 303 g/mol. The number of ether oxygens (including phenoxy) is 1. The number of alkyl halides is 3. The first-order valence-corrected chi connectivity index (χ1v) is 6.67. The first kappa shape index (κ1) is 15.8. The van der Waals surface area contributed by atoms with Gasteiger partial charge in [0.05, 0.1) is 12.0 Å². The van der Waals surface area contributed by atoms with Crippen LogP contribution in [0.2, 0.25) is 0 Å². The number of hydrogen-bond donors (Lipinski definition) is 1. The standard InChI is InChI=1S/C14H16F3NO3/c15-14(16,17)11-6-4-10(5-7-11)9-12(19)18-21-13-3-1-2-8-20-13/h4-7,13H,1-3,8-9H2,(H,18,19)/t13-/m1/s1. The van der Waals surface area contributed by atoms with Crippen molar-refractivity contribution >= 4 is 5.91 Å². The van der Waals surface area contributed by atoms with Crippen LogP contribution in [0, 0.1) is 0 Å². The molecule has 1 N–H and O–H groups in total. The zero-order valence-electron chi connectivity index (χ0n) is 11.3. The summed E-state index contributed by atoms with van der Waals surface area (Å²) >= 11 is 0. The van der Waals surface area contributed by atoms with Crippen molar-refractivity contribution in [2.75, 3.05) is 6.61 Å². The second kappa shape index (κ2) is 6.91. The van der Waals surface area contributed by atoms with Gasteiger partial charge in [-0.3, -0.25) is 4.79 Å². The molecule has 0 aliphatic carbocycles. The van der Waals surface area contributed by atoms with Crippen molar-refractivity contribution in [1.29, 1.82) is 0 Å². The van der Waals surface area contributed by atoms with Crippen LogP contribution in [0.25, 0.3) is 0 Å². The van der Waals surface area contributed by atoms with Crippen molar-refractivity contribution in [3.05, 3.63) is 35.4 Å². The van der Waals surface area contributed by atoms with Crippen molar-refractivity contribution in [1.82, 2.24) is 5.48 Å². The lowest BCUT2D eigenvalue weighted by Crippen LogP contribution is -2.33. The lowest BCUT2D eigenvalue weighted by molar-refractivity contribution is -0.200. The number of rotatable bonds is 4. The molecule has 1 aliphatic heterocycles. The van der Waals surface area contributed by atoms with Gasteiger partial charge in [0, 0.05) is 13.0 Å². The molecule has 1 aromatic carbocycles.